The van der Waals surface area contributed by atoms with E-state index in [1.165, 1.54) is 0 Å². The summed E-state index contributed by atoms with van der Waals surface area (Å²) in [6.45, 7) is 0.623. The minimum atomic E-state index is 0.623. The average Bonchev–Trinajstić information content (AvgIpc) is 3.17. The van der Waals surface area contributed by atoms with Crippen molar-refractivity contribution in [3.63, 3.8) is 0 Å². The van der Waals surface area contributed by atoms with Gasteiger partial charge in [-0.05, 0) is 42.0 Å². The Morgan fingerprint density at radius 2 is 1.69 bits per heavy atom. The van der Waals surface area contributed by atoms with Gasteiger partial charge >= 0.3 is 0 Å². The summed E-state index contributed by atoms with van der Waals surface area (Å²) < 4.78 is 1.76. The molecular formula is C22H15Cl2N5. The number of para-hydroxylation sites is 1. The standard InChI is InChI=1S/C22H15Cl2N5/c23-16-10-8-14(9-11-16)13-25-21-18-6-1-2-7-19(18)29-22(26-21)20(27-28-29)15-4-3-5-17(24)12-15/h1-12H,13H2,(H,25,26). The molecule has 0 aliphatic heterocycles. The molecule has 0 saturated heterocycles. The highest BCUT2D eigenvalue weighted by Gasteiger charge is 2.15. The second-order valence-electron chi connectivity index (χ2n) is 6.64. The Labute approximate surface area is 176 Å². The lowest BCUT2D eigenvalue weighted by Gasteiger charge is -2.11. The van der Waals surface area contributed by atoms with Crippen molar-refractivity contribution >= 4 is 45.6 Å². The highest BCUT2D eigenvalue weighted by Crippen LogP contribution is 2.29. The minimum Gasteiger partial charge on any atom is -0.365 e. The summed E-state index contributed by atoms with van der Waals surface area (Å²) in [5.74, 6) is 0.772. The molecule has 5 aromatic rings. The topological polar surface area (TPSA) is 55.1 Å². The van der Waals surface area contributed by atoms with Crippen LogP contribution in [0.15, 0.2) is 72.8 Å². The lowest BCUT2D eigenvalue weighted by molar-refractivity contribution is 0.876. The van der Waals surface area contributed by atoms with Crippen molar-refractivity contribution in [1.82, 2.24) is 19.8 Å². The second kappa shape index (κ2) is 7.35. The number of hydrogen-bond acceptors (Lipinski definition) is 4. The number of hydrogen-bond donors (Lipinski definition) is 1. The summed E-state index contributed by atoms with van der Waals surface area (Å²) in [4.78, 5) is 4.86. The molecule has 0 amide bonds. The van der Waals surface area contributed by atoms with Crippen molar-refractivity contribution in [3.8, 4) is 11.3 Å². The van der Waals surface area contributed by atoms with E-state index in [9.17, 15) is 0 Å². The van der Waals surface area contributed by atoms with Crippen LogP contribution in [0.1, 0.15) is 5.56 Å². The van der Waals surface area contributed by atoms with Gasteiger partial charge in [0.15, 0.2) is 5.65 Å². The number of halogens is 2. The maximum Gasteiger partial charge on any atom is 0.186 e. The first-order valence-corrected chi connectivity index (χ1v) is 9.83. The Hall–Kier alpha value is -3.15. The molecule has 0 saturated carbocycles. The third kappa shape index (κ3) is 3.39. The molecule has 0 atom stereocenters. The lowest BCUT2D eigenvalue weighted by Crippen LogP contribution is -2.05. The molecule has 142 valence electrons. The first kappa shape index (κ1) is 17.9. The average molecular weight is 420 g/mol. The van der Waals surface area contributed by atoms with Gasteiger partial charge in [0.25, 0.3) is 0 Å². The fourth-order valence-corrected chi connectivity index (χ4v) is 3.63. The Bertz CT molecular complexity index is 1330. The van der Waals surface area contributed by atoms with E-state index in [2.05, 4.69) is 15.6 Å². The molecule has 0 aliphatic rings. The van der Waals surface area contributed by atoms with Crippen LogP contribution < -0.4 is 5.32 Å². The molecule has 5 rings (SSSR count). The quantitative estimate of drug-likeness (QED) is 0.396. The summed E-state index contributed by atoms with van der Waals surface area (Å²) in [5, 5.41) is 14.5. The summed E-state index contributed by atoms with van der Waals surface area (Å²) in [7, 11) is 0. The predicted molar refractivity (Wildman–Crippen MR) is 118 cm³/mol. The maximum atomic E-state index is 6.17. The number of nitrogens with zero attached hydrogens (tertiary/aromatic N) is 4. The van der Waals surface area contributed by atoms with Crippen LogP contribution in [-0.2, 0) is 6.54 Å². The van der Waals surface area contributed by atoms with Gasteiger partial charge in [-0.15, -0.1) is 5.10 Å². The first-order chi connectivity index (χ1) is 14.2. The number of rotatable bonds is 4. The van der Waals surface area contributed by atoms with Crippen LogP contribution in [0.4, 0.5) is 5.82 Å². The summed E-state index contributed by atoms with van der Waals surface area (Å²) in [6, 6.07) is 23.3. The molecule has 2 heterocycles. The predicted octanol–water partition coefficient (Wildman–Crippen LogP) is 5.86. The van der Waals surface area contributed by atoms with Crippen LogP contribution in [0.25, 0.3) is 27.8 Å². The van der Waals surface area contributed by atoms with Crippen molar-refractivity contribution in [2.45, 2.75) is 6.54 Å². The Balaban J connectivity index is 1.63. The van der Waals surface area contributed by atoms with Gasteiger partial charge in [-0.1, -0.05) is 64.8 Å². The normalized spacial score (nSPS) is 11.2. The number of benzene rings is 3. The third-order valence-corrected chi connectivity index (χ3v) is 5.21. The molecule has 0 spiro atoms. The summed E-state index contributed by atoms with van der Waals surface area (Å²) in [5.41, 5.74) is 4.27. The van der Waals surface area contributed by atoms with Crippen molar-refractivity contribution in [3.05, 3.63) is 88.4 Å². The van der Waals surface area contributed by atoms with Crippen molar-refractivity contribution in [2.75, 3.05) is 5.32 Å². The fraction of sp³-hybridized carbons (Fsp3) is 0.0455. The molecule has 7 heteroatoms. The van der Waals surface area contributed by atoms with Crippen molar-refractivity contribution < 1.29 is 0 Å². The Kier molecular flexibility index (Phi) is 4.54. The molecule has 0 aliphatic carbocycles. The van der Waals surface area contributed by atoms with Gasteiger partial charge < -0.3 is 5.32 Å². The number of aromatic nitrogens is 4. The molecular weight excluding hydrogens is 405 g/mol. The number of fused-ring (bicyclic) bond motifs is 3. The van der Waals surface area contributed by atoms with Crippen LogP contribution in [0.2, 0.25) is 10.0 Å². The molecule has 29 heavy (non-hydrogen) atoms. The van der Waals surface area contributed by atoms with Gasteiger partial charge in [-0.25, -0.2) is 4.98 Å². The summed E-state index contributed by atoms with van der Waals surface area (Å²) >= 11 is 12.2. The molecule has 5 nitrogen and oxygen atoms in total. The molecule has 0 radical (unpaired) electrons. The molecule has 0 unspecified atom stereocenters. The van der Waals surface area contributed by atoms with Crippen LogP contribution in [-0.4, -0.2) is 19.8 Å². The van der Waals surface area contributed by atoms with Crippen molar-refractivity contribution in [1.29, 1.82) is 0 Å². The van der Waals surface area contributed by atoms with E-state index in [0.29, 0.717) is 22.9 Å². The zero-order chi connectivity index (χ0) is 19.8. The van der Waals surface area contributed by atoms with E-state index in [4.69, 9.17) is 28.2 Å². The maximum absolute atomic E-state index is 6.17. The zero-order valence-electron chi connectivity index (χ0n) is 15.2. The number of anilines is 1. The molecule has 0 fully saturated rings. The van der Waals surface area contributed by atoms with Crippen LogP contribution >= 0.6 is 23.2 Å². The van der Waals surface area contributed by atoms with E-state index in [-0.39, 0.29) is 0 Å². The molecule has 3 aromatic carbocycles. The minimum absolute atomic E-state index is 0.623. The van der Waals surface area contributed by atoms with E-state index < -0.39 is 0 Å². The third-order valence-electron chi connectivity index (χ3n) is 4.72. The van der Waals surface area contributed by atoms with Gasteiger partial charge in [0.05, 0.1) is 5.52 Å². The zero-order valence-corrected chi connectivity index (χ0v) is 16.7. The highest BCUT2D eigenvalue weighted by molar-refractivity contribution is 6.31. The SMILES string of the molecule is Clc1ccc(CNc2nc3c(-c4cccc(Cl)c4)nnn3c3ccccc23)cc1. The second-order valence-corrected chi connectivity index (χ2v) is 7.51. The summed E-state index contributed by atoms with van der Waals surface area (Å²) in [6.07, 6.45) is 0. The first-order valence-electron chi connectivity index (χ1n) is 9.07. The van der Waals surface area contributed by atoms with E-state index in [0.717, 1.165) is 32.9 Å². The smallest absolute Gasteiger partial charge is 0.186 e. The van der Waals surface area contributed by atoms with Gasteiger partial charge in [0, 0.05) is 27.5 Å². The largest absolute Gasteiger partial charge is 0.365 e. The molecule has 1 N–H and O–H groups in total. The lowest BCUT2D eigenvalue weighted by atomic mass is 10.1. The van der Waals surface area contributed by atoms with Gasteiger partial charge in [-0.3, -0.25) is 0 Å². The Morgan fingerprint density at radius 3 is 2.52 bits per heavy atom. The van der Waals surface area contributed by atoms with Gasteiger partial charge in [-0.2, -0.15) is 4.52 Å². The fourth-order valence-electron chi connectivity index (χ4n) is 3.31. The van der Waals surface area contributed by atoms with Gasteiger partial charge in [0.1, 0.15) is 11.5 Å². The molecule has 2 aromatic heterocycles. The molecule has 0 bridgehead atoms. The van der Waals surface area contributed by atoms with Crippen LogP contribution in [0, 0.1) is 0 Å². The number of nitrogens with one attached hydrogen (secondary N) is 1. The van der Waals surface area contributed by atoms with Crippen LogP contribution in [0.3, 0.4) is 0 Å². The Morgan fingerprint density at radius 1 is 0.862 bits per heavy atom. The van der Waals surface area contributed by atoms with Crippen LogP contribution in [0.5, 0.6) is 0 Å². The highest BCUT2D eigenvalue weighted by atomic mass is 35.5. The van der Waals surface area contributed by atoms with E-state index in [1.807, 2.05) is 72.8 Å². The van der Waals surface area contributed by atoms with E-state index >= 15 is 0 Å². The van der Waals surface area contributed by atoms with Gasteiger partial charge in [0.2, 0.25) is 0 Å². The van der Waals surface area contributed by atoms with E-state index in [1.54, 1.807) is 4.52 Å². The monoisotopic (exact) mass is 419 g/mol. The van der Waals surface area contributed by atoms with Crippen molar-refractivity contribution in [2.24, 2.45) is 0 Å².